The summed E-state index contributed by atoms with van der Waals surface area (Å²) in [6.45, 7) is 3.17. The van der Waals surface area contributed by atoms with E-state index in [1.807, 2.05) is 0 Å². The van der Waals surface area contributed by atoms with Crippen LogP contribution in [0.2, 0.25) is 0 Å². The molecule has 0 radical (unpaired) electrons. The Labute approximate surface area is 193 Å². The molecular weight excluding hydrogens is 430 g/mol. The van der Waals surface area contributed by atoms with Crippen LogP contribution >= 0.6 is 0 Å². The van der Waals surface area contributed by atoms with E-state index in [4.69, 9.17) is 11.5 Å². The fourth-order valence-electron chi connectivity index (χ4n) is 2.97. The molecule has 0 fully saturated rings. The molecule has 0 spiro atoms. The molecule has 11 nitrogen and oxygen atoms in total. The number of amides is 3. The summed E-state index contributed by atoms with van der Waals surface area (Å²) in [5.41, 5.74) is 11.8. The summed E-state index contributed by atoms with van der Waals surface area (Å²) in [4.78, 5) is 49.2. The minimum absolute atomic E-state index is 0.113. The van der Waals surface area contributed by atoms with Crippen LogP contribution in [0.25, 0.3) is 0 Å². The highest BCUT2D eigenvalue weighted by Crippen LogP contribution is 2.07. The Bertz CT molecular complexity index is 789. The van der Waals surface area contributed by atoms with Crippen LogP contribution in [0.5, 0.6) is 0 Å². The Morgan fingerprint density at radius 1 is 0.909 bits per heavy atom. The van der Waals surface area contributed by atoms with Crippen molar-refractivity contribution >= 4 is 23.7 Å². The van der Waals surface area contributed by atoms with Crippen LogP contribution in [-0.4, -0.2) is 70.7 Å². The van der Waals surface area contributed by atoms with Crippen LogP contribution < -0.4 is 27.4 Å². The molecule has 11 heteroatoms. The second-order valence-corrected chi connectivity index (χ2v) is 7.93. The van der Waals surface area contributed by atoms with E-state index in [-0.39, 0.29) is 12.8 Å². The number of unbranched alkanes of at least 4 members (excludes halogenated alkanes) is 1. The molecule has 3 amide bonds. The van der Waals surface area contributed by atoms with Crippen molar-refractivity contribution < 1.29 is 29.4 Å². The summed E-state index contributed by atoms with van der Waals surface area (Å²) in [6.07, 6.45) is 0.352. The van der Waals surface area contributed by atoms with Gasteiger partial charge in [-0.2, -0.15) is 0 Å². The average Bonchev–Trinajstić information content (AvgIpc) is 2.77. The molecule has 0 saturated heterocycles. The third kappa shape index (κ3) is 9.98. The number of aliphatic hydroxyl groups excluding tert-OH is 1. The van der Waals surface area contributed by atoms with Gasteiger partial charge >= 0.3 is 5.97 Å². The Morgan fingerprint density at radius 2 is 1.52 bits per heavy atom. The van der Waals surface area contributed by atoms with E-state index in [1.165, 1.54) is 13.8 Å². The first kappa shape index (κ1) is 28.0. The number of carbonyl (C=O) groups is 4. The van der Waals surface area contributed by atoms with E-state index >= 15 is 0 Å². The number of nitrogens with two attached hydrogens (primary N) is 2. The Kier molecular flexibility index (Phi) is 12.0. The standard InChI is InChI=1S/C22H35N5O6/c1-13(25-21(31)18(24)14(2)28)19(29)27-17(12-15-8-4-3-5-9-15)20(30)26-16(22(32)33)10-6-7-11-23/h3-5,8-9,13-14,16-18,28H,6-7,10-12,23-24H2,1-2H3,(H,25,31)(H,26,30)(H,27,29)(H,32,33)/t13-,14+,16-,17-,18-/m0/s1. The highest BCUT2D eigenvalue weighted by molar-refractivity contribution is 5.94. The van der Waals surface area contributed by atoms with Crippen molar-refractivity contribution in [1.82, 2.24) is 16.0 Å². The topological polar surface area (TPSA) is 197 Å². The average molecular weight is 466 g/mol. The number of carboxylic acid groups (broad SMARTS) is 1. The molecule has 0 aliphatic rings. The van der Waals surface area contributed by atoms with Crippen molar-refractivity contribution in [1.29, 1.82) is 0 Å². The Morgan fingerprint density at radius 3 is 2.06 bits per heavy atom. The van der Waals surface area contributed by atoms with Crippen LogP contribution in [0, 0.1) is 0 Å². The van der Waals surface area contributed by atoms with Crippen LogP contribution in [0.3, 0.4) is 0 Å². The summed E-state index contributed by atoms with van der Waals surface area (Å²) in [7, 11) is 0. The smallest absolute Gasteiger partial charge is 0.326 e. The first-order chi connectivity index (χ1) is 15.6. The van der Waals surface area contributed by atoms with Crippen LogP contribution in [0.1, 0.15) is 38.7 Å². The van der Waals surface area contributed by atoms with E-state index in [1.54, 1.807) is 30.3 Å². The van der Waals surface area contributed by atoms with E-state index in [9.17, 15) is 29.4 Å². The lowest BCUT2D eigenvalue weighted by Crippen LogP contribution is -2.57. The number of benzene rings is 1. The summed E-state index contributed by atoms with van der Waals surface area (Å²) < 4.78 is 0. The second-order valence-electron chi connectivity index (χ2n) is 7.93. The van der Waals surface area contributed by atoms with Crippen molar-refractivity contribution in [3.63, 3.8) is 0 Å². The number of carboxylic acids is 1. The molecule has 0 aromatic heterocycles. The normalized spacial score (nSPS) is 15.4. The Balaban J connectivity index is 2.92. The Hall–Kier alpha value is -3.02. The zero-order valence-corrected chi connectivity index (χ0v) is 19.0. The number of rotatable bonds is 14. The van der Waals surface area contributed by atoms with E-state index in [0.29, 0.717) is 19.4 Å². The van der Waals surface area contributed by atoms with Crippen molar-refractivity contribution in [2.75, 3.05) is 6.54 Å². The van der Waals surface area contributed by atoms with Gasteiger partial charge in [0.1, 0.15) is 24.2 Å². The third-order valence-corrected chi connectivity index (χ3v) is 5.05. The van der Waals surface area contributed by atoms with E-state index in [0.717, 1.165) is 5.56 Å². The summed E-state index contributed by atoms with van der Waals surface area (Å²) in [6, 6.07) is 4.43. The molecule has 33 heavy (non-hydrogen) atoms. The molecule has 0 aliphatic carbocycles. The lowest BCUT2D eigenvalue weighted by molar-refractivity contribution is -0.142. The molecule has 9 N–H and O–H groups in total. The predicted molar refractivity (Wildman–Crippen MR) is 122 cm³/mol. The number of aliphatic hydroxyl groups is 1. The molecule has 0 bridgehead atoms. The number of hydrogen-bond donors (Lipinski definition) is 7. The number of hydrogen-bond acceptors (Lipinski definition) is 7. The quantitative estimate of drug-likeness (QED) is 0.163. The molecule has 1 rings (SSSR count). The van der Waals surface area contributed by atoms with Crippen molar-refractivity contribution in [3.05, 3.63) is 35.9 Å². The van der Waals surface area contributed by atoms with Gasteiger partial charge in [-0.05, 0) is 45.2 Å². The highest BCUT2D eigenvalue weighted by Gasteiger charge is 2.29. The van der Waals surface area contributed by atoms with Crippen LogP contribution in [-0.2, 0) is 25.6 Å². The third-order valence-electron chi connectivity index (χ3n) is 5.05. The summed E-state index contributed by atoms with van der Waals surface area (Å²) >= 11 is 0. The van der Waals surface area contributed by atoms with Gasteiger partial charge in [-0.15, -0.1) is 0 Å². The van der Waals surface area contributed by atoms with E-state index in [2.05, 4.69) is 16.0 Å². The zero-order chi connectivity index (χ0) is 25.0. The zero-order valence-electron chi connectivity index (χ0n) is 19.0. The van der Waals surface area contributed by atoms with Gasteiger partial charge in [0.25, 0.3) is 0 Å². The fourth-order valence-corrected chi connectivity index (χ4v) is 2.97. The second kappa shape index (κ2) is 14.2. The highest BCUT2D eigenvalue weighted by atomic mass is 16.4. The number of carbonyl (C=O) groups excluding carboxylic acids is 3. The summed E-state index contributed by atoms with van der Waals surface area (Å²) in [5, 5.41) is 26.3. The van der Waals surface area contributed by atoms with Gasteiger partial charge < -0.3 is 37.6 Å². The van der Waals surface area contributed by atoms with E-state index < -0.39 is 54.0 Å². The molecule has 0 unspecified atom stereocenters. The van der Waals surface area contributed by atoms with Gasteiger partial charge in [-0.25, -0.2) is 4.79 Å². The van der Waals surface area contributed by atoms with Gasteiger partial charge in [0.15, 0.2) is 0 Å². The molecule has 0 heterocycles. The maximum atomic E-state index is 12.9. The maximum absolute atomic E-state index is 12.9. The number of aliphatic carboxylic acids is 1. The molecule has 0 aliphatic heterocycles. The monoisotopic (exact) mass is 465 g/mol. The van der Waals surface area contributed by atoms with Crippen molar-refractivity contribution in [2.45, 2.75) is 69.8 Å². The summed E-state index contributed by atoms with van der Waals surface area (Å²) in [5.74, 6) is -3.22. The van der Waals surface area contributed by atoms with Crippen LogP contribution in [0.4, 0.5) is 0 Å². The molecule has 5 atom stereocenters. The lowest BCUT2D eigenvalue weighted by Gasteiger charge is -2.24. The van der Waals surface area contributed by atoms with Crippen molar-refractivity contribution in [2.24, 2.45) is 11.5 Å². The lowest BCUT2D eigenvalue weighted by atomic mass is 10.0. The predicted octanol–water partition coefficient (Wildman–Crippen LogP) is -1.37. The minimum Gasteiger partial charge on any atom is -0.480 e. The largest absolute Gasteiger partial charge is 0.480 e. The molecule has 0 saturated carbocycles. The molecule has 184 valence electrons. The maximum Gasteiger partial charge on any atom is 0.326 e. The SMILES string of the molecule is C[C@H](NC(=O)[C@@H](N)[C@@H](C)O)C(=O)N[C@@H](Cc1ccccc1)C(=O)N[C@@H](CCCCN)C(=O)O. The van der Waals surface area contributed by atoms with Gasteiger partial charge in [0.05, 0.1) is 6.10 Å². The minimum atomic E-state index is -1.21. The first-order valence-electron chi connectivity index (χ1n) is 10.9. The molecule has 1 aromatic carbocycles. The van der Waals surface area contributed by atoms with Crippen molar-refractivity contribution in [3.8, 4) is 0 Å². The molecular formula is C22H35N5O6. The fraction of sp³-hybridized carbons (Fsp3) is 0.545. The van der Waals surface area contributed by atoms with Gasteiger partial charge in [-0.1, -0.05) is 30.3 Å². The number of nitrogens with one attached hydrogen (secondary N) is 3. The van der Waals surface area contributed by atoms with Crippen LogP contribution in [0.15, 0.2) is 30.3 Å². The van der Waals surface area contributed by atoms with Gasteiger partial charge in [0.2, 0.25) is 17.7 Å². The first-order valence-corrected chi connectivity index (χ1v) is 10.9. The van der Waals surface area contributed by atoms with Gasteiger partial charge in [-0.3, -0.25) is 14.4 Å². The molecule has 1 aromatic rings. The van der Waals surface area contributed by atoms with Gasteiger partial charge in [0, 0.05) is 6.42 Å².